The van der Waals surface area contributed by atoms with Crippen LogP contribution < -0.4 is 5.32 Å². The predicted octanol–water partition coefficient (Wildman–Crippen LogP) is 2.01. The van der Waals surface area contributed by atoms with Crippen LogP contribution in [0.1, 0.15) is 26.5 Å². The van der Waals surface area contributed by atoms with Crippen LogP contribution in [0.3, 0.4) is 0 Å². The highest BCUT2D eigenvalue weighted by molar-refractivity contribution is 6.05. The van der Waals surface area contributed by atoms with Gasteiger partial charge in [-0.2, -0.15) is 0 Å². The second-order valence-electron chi connectivity index (χ2n) is 5.20. The number of amides is 1. The van der Waals surface area contributed by atoms with E-state index in [1.807, 2.05) is 6.92 Å². The summed E-state index contributed by atoms with van der Waals surface area (Å²) in [6.45, 7) is 1.85. The van der Waals surface area contributed by atoms with Crippen LogP contribution in [0.2, 0.25) is 0 Å². The smallest absolute Gasteiger partial charge is 0.360 e. The molecule has 0 atom stereocenters. The lowest BCUT2D eigenvalue weighted by Gasteiger charge is -2.10. The zero-order valence-electron chi connectivity index (χ0n) is 13.6. The van der Waals surface area contributed by atoms with Crippen molar-refractivity contribution in [1.29, 1.82) is 0 Å². The summed E-state index contributed by atoms with van der Waals surface area (Å²) >= 11 is 0. The Bertz CT molecular complexity index is 918. The van der Waals surface area contributed by atoms with Crippen LogP contribution in [0.5, 0.6) is 0 Å². The molecule has 1 amide bonds. The van der Waals surface area contributed by atoms with E-state index in [2.05, 4.69) is 25.3 Å². The third kappa shape index (κ3) is 3.52. The maximum atomic E-state index is 12.4. The first-order chi connectivity index (χ1) is 12.1. The quantitative estimate of drug-likeness (QED) is 0.731. The van der Waals surface area contributed by atoms with Gasteiger partial charge in [-0.1, -0.05) is 17.3 Å². The van der Waals surface area contributed by atoms with E-state index >= 15 is 0 Å². The number of nitrogens with zero attached hydrogens (tertiary/aromatic N) is 4. The second-order valence-corrected chi connectivity index (χ2v) is 5.20. The Morgan fingerprint density at radius 3 is 2.68 bits per heavy atom. The number of aromatic nitrogens is 4. The van der Waals surface area contributed by atoms with Crippen molar-refractivity contribution < 1.29 is 14.3 Å². The van der Waals surface area contributed by atoms with Crippen LogP contribution in [-0.2, 0) is 4.74 Å². The summed E-state index contributed by atoms with van der Waals surface area (Å²) in [5.74, 6) is -0.883. The zero-order valence-corrected chi connectivity index (χ0v) is 13.6. The van der Waals surface area contributed by atoms with E-state index in [1.54, 1.807) is 36.4 Å². The van der Waals surface area contributed by atoms with Crippen LogP contribution in [0.25, 0.3) is 5.69 Å². The van der Waals surface area contributed by atoms with Crippen LogP contribution in [0.4, 0.5) is 5.69 Å². The molecular formula is C17H15N5O3. The van der Waals surface area contributed by atoms with Gasteiger partial charge >= 0.3 is 5.97 Å². The van der Waals surface area contributed by atoms with Crippen molar-refractivity contribution in [3.63, 3.8) is 0 Å². The number of ether oxygens (including phenoxy) is 1. The number of aryl methyl sites for hydroxylation is 1. The minimum Gasteiger partial charge on any atom is -0.464 e. The number of carbonyl (C=O) groups is 2. The number of hydrogen-bond donors (Lipinski definition) is 1. The van der Waals surface area contributed by atoms with Crippen molar-refractivity contribution in [2.75, 3.05) is 12.4 Å². The number of hydrogen-bond acceptors (Lipinski definition) is 6. The summed E-state index contributed by atoms with van der Waals surface area (Å²) in [6.07, 6.45) is 2.95. The molecule has 2 heterocycles. The van der Waals surface area contributed by atoms with Crippen molar-refractivity contribution in [3.8, 4) is 5.69 Å². The molecule has 2 aromatic heterocycles. The number of esters is 1. The van der Waals surface area contributed by atoms with Gasteiger partial charge in [-0.15, -0.1) is 5.10 Å². The number of para-hydroxylation sites is 2. The normalized spacial score (nSPS) is 10.3. The Labute approximate surface area is 143 Å². The first-order valence-corrected chi connectivity index (χ1v) is 7.42. The Morgan fingerprint density at radius 2 is 1.96 bits per heavy atom. The first-order valence-electron chi connectivity index (χ1n) is 7.42. The van der Waals surface area contributed by atoms with E-state index in [0.717, 1.165) is 5.69 Å². The van der Waals surface area contributed by atoms with E-state index in [9.17, 15) is 9.59 Å². The molecule has 1 aromatic carbocycles. The Kier molecular flexibility index (Phi) is 4.51. The van der Waals surface area contributed by atoms with Crippen molar-refractivity contribution >= 4 is 17.6 Å². The molecule has 0 spiro atoms. The summed E-state index contributed by atoms with van der Waals surface area (Å²) < 4.78 is 6.01. The summed E-state index contributed by atoms with van der Waals surface area (Å²) in [7, 11) is 1.27. The molecule has 0 radical (unpaired) electrons. The molecule has 126 valence electrons. The molecule has 25 heavy (non-hydrogen) atoms. The van der Waals surface area contributed by atoms with Gasteiger partial charge in [0.2, 0.25) is 0 Å². The number of methoxy groups -OCH3 is 1. The third-order valence-corrected chi connectivity index (χ3v) is 3.46. The van der Waals surface area contributed by atoms with Crippen molar-refractivity contribution in [2.24, 2.45) is 0 Å². The van der Waals surface area contributed by atoms with Crippen molar-refractivity contribution in [2.45, 2.75) is 6.92 Å². The van der Waals surface area contributed by atoms with E-state index in [1.165, 1.54) is 24.2 Å². The lowest BCUT2D eigenvalue weighted by molar-refractivity contribution is 0.0593. The fourth-order valence-corrected chi connectivity index (χ4v) is 2.16. The molecule has 3 rings (SSSR count). The molecule has 8 nitrogen and oxygen atoms in total. The summed E-state index contributed by atoms with van der Waals surface area (Å²) in [5, 5.41) is 10.5. The molecule has 3 aromatic rings. The number of anilines is 1. The Balaban J connectivity index is 1.88. The molecule has 0 saturated carbocycles. The van der Waals surface area contributed by atoms with Gasteiger partial charge in [-0.05, 0) is 31.2 Å². The average molecular weight is 337 g/mol. The lowest BCUT2D eigenvalue weighted by atomic mass is 10.2. The largest absolute Gasteiger partial charge is 0.464 e. The number of carbonyl (C=O) groups excluding carboxylic acids is 2. The van der Waals surface area contributed by atoms with Gasteiger partial charge in [0.15, 0.2) is 5.69 Å². The van der Waals surface area contributed by atoms with Crippen LogP contribution in [0, 0.1) is 6.92 Å². The van der Waals surface area contributed by atoms with Crippen LogP contribution >= 0.6 is 0 Å². The van der Waals surface area contributed by atoms with E-state index in [0.29, 0.717) is 16.9 Å². The van der Waals surface area contributed by atoms with Crippen LogP contribution in [-0.4, -0.2) is 39.0 Å². The van der Waals surface area contributed by atoms with Gasteiger partial charge in [0.25, 0.3) is 5.91 Å². The minimum absolute atomic E-state index is 0.0753. The standard InChI is InChI=1S/C17H15N5O3/c1-11-7-8-12(9-18-11)16(23)19-13-5-3-4-6-15(13)22-10-14(20-21-22)17(24)25-2/h3-10H,1-2H3,(H,19,23). The maximum Gasteiger partial charge on any atom is 0.360 e. The van der Waals surface area contributed by atoms with Gasteiger partial charge in [0.05, 0.1) is 30.2 Å². The molecule has 0 aliphatic rings. The topological polar surface area (TPSA) is 99.0 Å². The Hall–Kier alpha value is -3.55. The highest BCUT2D eigenvalue weighted by Crippen LogP contribution is 2.20. The number of rotatable bonds is 4. The van der Waals surface area contributed by atoms with Gasteiger partial charge in [-0.3, -0.25) is 9.78 Å². The summed E-state index contributed by atoms with van der Waals surface area (Å²) in [6, 6.07) is 10.5. The molecule has 0 bridgehead atoms. The monoisotopic (exact) mass is 337 g/mol. The van der Waals surface area contributed by atoms with E-state index < -0.39 is 5.97 Å². The van der Waals surface area contributed by atoms with Gasteiger partial charge < -0.3 is 10.1 Å². The molecule has 0 saturated heterocycles. The molecular weight excluding hydrogens is 322 g/mol. The summed E-state index contributed by atoms with van der Waals surface area (Å²) in [4.78, 5) is 28.0. The lowest BCUT2D eigenvalue weighted by Crippen LogP contribution is -2.14. The molecule has 0 aliphatic carbocycles. The van der Waals surface area contributed by atoms with E-state index in [-0.39, 0.29) is 11.6 Å². The van der Waals surface area contributed by atoms with Gasteiger partial charge in [0.1, 0.15) is 0 Å². The maximum absolute atomic E-state index is 12.4. The third-order valence-electron chi connectivity index (χ3n) is 3.46. The highest BCUT2D eigenvalue weighted by atomic mass is 16.5. The SMILES string of the molecule is COC(=O)c1cn(-c2ccccc2NC(=O)c2ccc(C)nc2)nn1. The minimum atomic E-state index is -0.585. The van der Waals surface area contributed by atoms with Gasteiger partial charge in [0, 0.05) is 11.9 Å². The average Bonchev–Trinajstić information content (AvgIpc) is 3.12. The van der Waals surface area contributed by atoms with E-state index in [4.69, 9.17) is 0 Å². The molecule has 0 fully saturated rings. The fourth-order valence-electron chi connectivity index (χ4n) is 2.16. The van der Waals surface area contributed by atoms with Gasteiger partial charge in [-0.25, -0.2) is 9.48 Å². The second kappa shape index (κ2) is 6.91. The number of pyridine rings is 1. The Morgan fingerprint density at radius 1 is 1.16 bits per heavy atom. The fraction of sp³-hybridized carbons (Fsp3) is 0.118. The molecule has 0 aliphatic heterocycles. The zero-order chi connectivity index (χ0) is 17.8. The van der Waals surface area contributed by atoms with Crippen molar-refractivity contribution in [3.05, 3.63) is 65.7 Å². The number of benzene rings is 1. The van der Waals surface area contributed by atoms with Crippen molar-refractivity contribution in [1.82, 2.24) is 20.0 Å². The predicted molar refractivity (Wildman–Crippen MR) is 89.6 cm³/mol. The molecule has 8 heteroatoms. The highest BCUT2D eigenvalue weighted by Gasteiger charge is 2.15. The number of nitrogens with one attached hydrogen (secondary N) is 1. The molecule has 1 N–H and O–H groups in total. The van der Waals surface area contributed by atoms with Crippen LogP contribution in [0.15, 0.2) is 48.8 Å². The summed E-state index contributed by atoms with van der Waals surface area (Å²) in [5.41, 5.74) is 2.43. The first kappa shape index (κ1) is 16.3. The molecule has 0 unspecified atom stereocenters.